The second-order valence-corrected chi connectivity index (χ2v) is 8.54. The molecule has 178 valence electrons. The van der Waals surface area contributed by atoms with Crippen LogP contribution >= 0.6 is 0 Å². The number of esters is 1. The molecular formula is C20H23N3O9S. The number of rotatable bonds is 11. The van der Waals surface area contributed by atoms with Crippen molar-refractivity contribution in [1.82, 2.24) is 4.72 Å². The first-order valence-corrected chi connectivity index (χ1v) is 10.8. The van der Waals surface area contributed by atoms with Gasteiger partial charge in [0.15, 0.2) is 6.61 Å². The predicted octanol–water partition coefficient (Wildman–Crippen LogP) is 1.38. The number of nitro groups is 1. The van der Waals surface area contributed by atoms with Crippen molar-refractivity contribution in [3.05, 3.63) is 52.1 Å². The molecule has 0 fully saturated rings. The van der Waals surface area contributed by atoms with Gasteiger partial charge in [-0.1, -0.05) is 0 Å². The maximum Gasteiger partial charge on any atom is 0.321 e. The molecule has 12 nitrogen and oxygen atoms in total. The van der Waals surface area contributed by atoms with Gasteiger partial charge in [-0.2, -0.15) is 4.72 Å². The van der Waals surface area contributed by atoms with Crippen LogP contribution in [0.4, 0.5) is 11.4 Å². The normalized spacial score (nSPS) is 10.9. The minimum Gasteiger partial charge on any atom is -0.497 e. The van der Waals surface area contributed by atoms with E-state index in [0.717, 1.165) is 6.07 Å². The Kier molecular flexibility index (Phi) is 8.32. The summed E-state index contributed by atoms with van der Waals surface area (Å²) in [4.78, 5) is 35.9. The Morgan fingerprint density at radius 2 is 1.79 bits per heavy atom. The van der Waals surface area contributed by atoms with E-state index in [4.69, 9.17) is 14.2 Å². The van der Waals surface area contributed by atoms with Crippen LogP contribution in [0.1, 0.15) is 10.4 Å². The Morgan fingerprint density at radius 1 is 1.09 bits per heavy atom. The Labute approximate surface area is 190 Å². The lowest BCUT2D eigenvalue weighted by Crippen LogP contribution is -2.31. The summed E-state index contributed by atoms with van der Waals surface area (Å²) in [5.74, 6) is -0.896. The minimum absolute atomic E-state index is 0.153. The summed E-state index contributed by atoms with van der Waals surface area (Å²) in [6, 6.07) is 7.82. The Morgan fingerprint density at radius 3 is 2.36 bits per heavy atom. The molecule has 0 unspecified atom stereocenters. The summed E-state index contributed by atoms with van der Waals surface area (Å²) in [5.41, 5.74) is -0.0460. The molecule has 0 amide bonds. The lowest BCUT2D eigenvalue weighted by atomic mass is 10.1. The quantitative estimate of drug-likeness (QED) is 0.215. The Hall–Kier alpha value is -3.71. The van der Waals surface area contributed by atoms with Crippen LogP contribution in [-0.2, 0) is 19.6 Å². The molecule has 0 saturated carbocycles. The first kappa shape index (κ1) is 25.5. The summed E-state index contributed by atoms with van der Waals surface area (Å²) in [6.07, 6.45) is 0. The topological polar surface area (TPSA) is 154 Å². The van der Waals surface area contributed by atoms with Crippen LogP contribution in [0.2, 0.25) is 0 Å². The fraction of sp³-hybridized carbons (Fsp3) is 0.300. The van der Waals surface area contributed by atoms with Gasteiger partial charge in [-0.15, -0.1) is 0 Å². The molecule has 33 heavy (non-hydrogen) atoms. The average Bonchev–Trinajstić information content (AvgIpc) is 2.80. The van der Waals surface area contributed by atoms with Crippen LogP contribution in [0.15, 0.2) is 41.3 Å². The predicted molar refractivity (Wildman–Crippen MR) is 117 cm³/mol. The summed E-state index contributed by atoms with van der Waals surface area (Å²) in [5, 5.41) is 11.3. The third-order valence-corrected chi connectivity index (χ3v) is 5.81. The number of carbonyl (C=O) groups excluding carboxylic acids is 2. The standard InChI is InChI=1S/C20H23N3O9S/c1-22(2)16-8-6-14(10-17(16)23(26)27)33(28,29)21-11-20(25)32-12-18(24)15-7-5-13(30-3)9-19(15)31-4/h5-10,21H,11-12H2,1-4H3. The zero-order valence-corrected chi connectivity index (χ0v) is 19.2. The van der Waals surface area contributed by atoms with Crippen molar-refractivity contribution < 1.29 is 37.1 Å². The van der Waals surface area contributed by atoms with Crippen molar-refractivity contribution in [2.75, 3.05) is 46.4 Å². The molecule has 1 N–H and O–H groups in total. The van der Waals surface area contributed by atoms with Crippen LogP contribution in [-0.4, -0.2) is 66.6 Å². The summed E-state index contributed by atoms with van der Waals surface area (Å²) in [7, 11) is 1.71. The fourth-order valence-electron chi connectivity index (χ4n) is 2.74. The molecule has 2 rings (SSSR count). The molecule has 0 atom stereocenters. The number of sulfonamides is 1. The third kappa shape index (κ3) is 6.40. The molecule has 0 saturated heterocycles. The number of nitro benzene ring substituents is 1. The number of ketones is 1. The molecule has 0 radical (unpaired) electrons. The highest BCUT2D eigenvalue weighted by Crippen LogP contribution is 2.29. The molecule has 2 aromatic rings. The lowest BCUT2D eigenvalue weighted by molar-refractivity contribution is -0.384. The number of Topliss-reactive ketones (excluding diaryl/α,β-unsaturated/α-hetero) is 1. The number of nitrogens with one attached hydrogen (secondary N) is 1. The molecule has 2 aromatic carbocycles. The van der Waals surface area contributed by atoms with Crippen molar-refractivity contribution in [3.63, 3.8) is 0 Å². The number of benzene rings is 2. The molecule has 0 aliphatic heterocycles. The third-order valence-electron chi connectivity index (χ3n) is 4.42. The van der Waals surface area contributed by atoms with Gasteiger partial charge < -0.3 is 19.1 Å². The number of methoxy groups -OCH3 is 2. The van der Waals surface area contributed by atoms with E-state index in [0.29, 0.717) is 5.75 Å². The molecular weight excluding hydrogens is 458 g/mol. The van der Waals surface area contributed by atoms with Gasteiger partial charge >= 0.3 is 5.97 Å². The highest BCUT2D eigenvalue weighted by Gasteiger charge is 2.23. The number of hydrogen-bond acceptors (Lipinski definition) is 10. The van der Waals surface area contributed by atoms with Crippen LogP contribution in [0.25, 0.3) is 0 Å². The maximum absolute atomic E-state index is 12.4. The summed E-state index contributed by atoms with van der Waals surface area (Å²) in [6.45, 7) is -1.43. The average molecular weight is 481 g/mol. The molecule has 0 heterocycles. The van der Waals surface area contributed by atoms with Crippen molar-refractivity contribution in [3.8, 4) is 11.5 Å². The molecule has 0 aromatic heterocycles. The highest BCUT2D eigenvalue weighted by atomic mass is 32.2. The van der Waals surface area contributed by atoms with E-state index >= 15 is 0 Å². The fourth-order valence-corrected chi connectivity index (χ4v) is 3.72. The lowest BCUT2D eigenvalue weighted by Gasteiger charge is -2.14. The molecule has 0 aliphatic rings. The van der Waals surface area contributed by atoms with Gasteiger partial charge in [0.2, 0.25) is 15.8 Å². The molecule has 13 heteroatoms. The zero-order valence-electron chi connectivity index (χ0n) is 18.4. The number of ether oxygens (including phenoxy) is 3. The maximum atomic E-state index is 12.4. The summed E-state index contributed by atoms with van der Waals surface area (Å²) >= 11 is 0. The highest BCUT2D eigenvalue weighted by molar-refractivity contribution is 7.89. The van der Waals surface area contributed by atoms with Crippen LogP contribution in [0, 0.1) is 10.1 Å². The second kappa shape index (κ2) is 10.7. The van der Waals surface area contributed by atoms with Crippen LogP contribution < -0.4 is 19.1 Å². The van der Waals surface area contributed by atoms with Gasteiger partial charge in [0, 0.05) is 26.2 Å². The zero-order chi connectivity index (χ0) is 24.8. The second-order valence-electron chi connectivity index (χ2n) is 6.78. The molecule has 0 bridgehead atoms. The van der Waals surface area contributed by atoms with Gasteiger partial charge in [-0.25, -0.2) is 8.42 Å². The van der Waals surface area contributed by atoms with E-state index in [1.165, 1.54) is 49.5 Å². The van der Waals surface area contributed by atoms with Gasteiger partial charge in [0.05, 0.1) is 29.6 Å². The van der Waals surface area contributed by atoms with Gasteiger partial charge in [0.1, 0.15) is 23.7 Å². The van der Waals surface area contributed by atoms with E-state index in [2.05, 4.69) is 0 Å². The smallest absolute Gasteiger partial charge is 0.321 e. The van der Waals surface area contributed by atoms with Crippen molar-refractivity contribution in [2.24, 2.45) is 0 Å². The van der Waals surface area contributed by atoms with Gasteiger partial charge in [0.25, 0.3) is 5.69 Å². The van der Waals surface area contributed by atoms with Crippen LogP contribution in [0.3, 0.4) is 0 Å². The Balaban J connectivity index is 2.02. The number of anilines is 1. The van der Waals surface area contributed by atoms with Gasteiger partial charge in [-0.05, 0) is 24.3 Å². The number of nitrogens with zero attached hydrogens (tertiary/aromatic N) is 2. The van der Waals surface area contributed by atoms with Crippen LogP contribution in [0.5, 0.6) is 11.5 Å². The molecule has 0 spiro atoms. The number of hydrogen-bond donors (Lipinski definition) is 1. The Bertz CT molecular complexity index is 1160. The first-order valence-electron chi connectivity index (χ1n) is 9.36. The van der Waals surface area contributed by atoms with Crippen molar-refractivity contribution >= 4 is 33.2 Å². The molecule has 0 aliphatic carbocycles. The monoisotopic (exact) mass is 481 g/mol. The first-order chi connectivity index (χ1) is 15.5. The minimum atomic E-state index is -4.26. The van der Waals surface area contributed by atoms with Crippen molar-refractivity contribution in [1.29, 1.82) is 0 Å². The van der Waals surface area contributed by atoms with E-state index in [-0.39, 0.29) is 17.0 Å². The van der Waals surface area contributed by atoms with Crippen molar-refractivity contribution in [2.45, 2.75) is 4.90 Å². The number of carbonyl (C=O) groups is 2. The van der Waals surface area contributed by atoms with E-state index in [1.54, 1.807) is 14.1 Å². The van der Waals surface area contributed by atoms with E-state index < -0.39 is 50.4 Å². The summed E-state index contributed by atoms with van der Waals surface area (Å²) < 4.78 is 41.9. The van der Waals surface area contributed by atoms with E-state index in [1.807, 2.05) is 4.72 Å². The van der Waals surface area contributed by atoms with Gasteiger partial charge in [-0.3, -0.25) is 19.7 Å². The SMILES string of the molecule is COc1ccc(C(=O)COC(=O)CNS(=O)(=O)c2ccc(N(C)C)c([N+](=O)[O-])c2)c(OC)c1. The van der Waals surface area contributed by atoms with E-state index in [9.17, 15) is 28.1 Å². The largest absolute Gasteiger partial charge is 0.497 e.